The van der Waals surface area contributed by atoms with E-state index in [1.54, 1.807) is 24.1 Å². The van der Waals surface area contributed by atoms with E-state index in [4.69, 9.17) is 0 Å². The number of rotatable bonds is 3. The summed E-state index contributed by atoms with van der Waals surface area (Å²) < 4.78 is 40.2. The Labute approximate surface area is 121 Å². The standard InChI is InChI=1S/C15H17F3N2O/c1-2-15(13(17)18)9-19-7-6-12(20(19)14(15)21)10-4-3-5-11(16)8-10/h3-5,8,12-13H,2,6-7,9H2,1H3/t12-,15?/m0/s1. The van der Waals surface area contributed by atoms with Crippen LogP contribution >= 0.6 is 0 Å². The number of benzene rings is 1. The van der Waals surface area contributed by atoms with Crippen molar-refractivity contribution in [2.24, 2.45) is 5.41 Å². The first-order valence-electron chi connectivity index (χ1n) is 7.11. The van der Waals surface area contributed by atoms with Gasteiger partial charge in [0.05, 0.1) is 6.04 Å². The Bertz CT molecular complexity index is 566. The molecule has 0 radical (unpaired) electrons. The van der Waals surface area contributed by atoms with Gasteiger partial charge in [-0.25, -0.2) is 18.2 Å². The molecule has 2 atom stereocenters. The highest BCUT2D eigenvalue weighted by Gasteiger charge is 2.59. The molecule has 21 heavy (non-hydrogen) atoms. The van der Waals surface area contributed by atoms with Gasteiger partial charge in [-0.1, -0.05) is 19.1 Å². The molecule has 114 valence electrons. The van der Waals surface area contributed by atoms with Crippen LogP contribution in [0.4, 0.5) is 13.2 Å². The summed E-state index contributed by atoms with van der Waals surface area (Å²) in [7, 11) is 0. The number of hydrogen-bond donors (Lipinski definition) is 0. The van der Waals surface area contributed by atoms with Gasteiger partial charge in [0, 0.05) is 13.1 Å². The Kier molecular flexibility index (Phi) is 3.43. The van der Waals surface area contributed by atoms with Crippen molar-refractivity contribution in [1.82, 2.24) is 10.0 Å². The van der Waals surface area contributed by atoms with Crippen LogP contribution < -0.4 is 0 Å². The van der Waals surface area contributed by atoms with E-state index < -0.39 is 17.7 Å². The summed E-state index contributed by atoms with van der Waals surface area (Å²) in [4.78, 5) is 12.6. The van der Waals surface area contributed by atoms with E-state index in [0.717, 1.165) is 0 Å². The summed E-state index contributed by atoms with van der Waals surface area (Å²) >= 11 is 0. The number of hydrazine groups is 1. The third kappa shape index (κ3) is 2.04. The maximum atomic E-state index is 13.4. The highest BCUT2D eigenvalue weighted by atomic mass is 19.3. The Morgan fingerprint density at radius 3 is 2.81 bits per heavy atom. The second-order valence-electron chi connectivity index (χ2n) is 5.71. The van der Waals surface area contributed by atoms with Crippen LogP contribution in [0.3, 0.4) is 0 Å². The molecule has 2 fully saturated rings. The summed E-state index contributed by atoms with van der Waals surface area (Å²) in [5.41, 5.74) is -0.960. The van der Waals surface area contributed by atoms with E-state index >= 15 is 0 Å². The van der Waals surface area contributed by atoms with Crippen LogP contribution in [0.25, 0.3) is 0 Å². The smallest absolute Gasteiger partial charge is 0.254 e. The second kappa shape index (κ2) is 5.02. The molecule has 2 saturated heterocycles. The normalized spacial score (nSPS) is 29.5. The molecule has 0 saturated carbocycles. The number of hydrogen-bond acceptors (Lipinski definition) is 2. The summed E-state index contributed by atoms with van der Waals surface area (Å²) in [5.74, 6) is -0.917. The number of amides is 1. The van der Waals surface area contributed by atoms with Crippen LogP contribution in [0, 0.1) is 11.2 Å². The van der Waals surface area contributed by atoms with E-state index in [9.17, 15) is 18.0 Å². The molecular weight excluding hydrogens is 281 g/mol. The number of fused-ring (bicyclic) bond motifs is 1. The maximum absolute atomic E-state index is 13.4. The summed E-state index contributed by atoms with van der Waals surface area (Å²) in [6.07, 6.45) is -1.95. The van der Waals surface area contributed by atoms with Gasteiger partial charge in [-0.2, -0.15) is 0 Å². The molecule has 2 aliphatic rings. The van der Waals surface area contributed by atoms with Crippen molar-refractivity contribution in [3.05, 3.63) is 35.6 Å². The van der Waals surface area contributed by atoms with Crippen molar-refractivity contribution in [2.45, 2.75) is 32.2 Å². The van der Waals surface area contributed by atoms with Crippen LogP contribution in [-0.2, 0) is 4.79 Å². The van der Waals surface area contributed by atoms with E-state index in [-0.39, 0.29) is 24.8 Å². The average molecular weight is 298 g/mol. The molecule has 0 aromatic heterocycles. The third-order valence-electron chi connectivity index (χ3n) is 4.64. The molecule has 0 bridgehead atoms. The van der Waals surface area contributed by atoms with Crippen LogP contribution in [0.15, 0.2) is 24.3 Å². The minimum atomic E-state index is -2.69. The minimum Gasteiger partial charge on any atom is -0.272 e. The second-order valence-corrected chi connectivity index (χ2v) is 5.71. The predicted octanol–water partition coefficient (Wildman–Crippen LogP) is 2.99. The molecule has 6 heteroatoms. The molecule has 2 aliphatic heterocycles. The van der Waals surface area contributed by atoms with Crippen LogP contribution in [0.1, 0.15) is 31.4 Å². The van der Waals surface area contributed by atoms with Gasteiger partial charge in [-0.3, -0.25) is 9.80 Å². The first-order chi connectivity index (χ1) is 9.99. The number of nitrogens with zero attached hydrogens (tertiary/aromatic N) is 2. The van der Waals surface area contributed by atoms with Crippen molar-refractivity contribution in [3.8, 4) is 0 Å². The number of carbonyl (C=O) groups is 1. The predicted molar refractivity (Wildman–Crippen MR) is 70.9 cm³/mol. The molecular formula is C15H17F3N2O. The zero-order valence-electron chi connectivity index (χ0n) is 11.7. The fourth-order valence-electron chi connectivity index (χ4n) is 3.35. The Morgan fingerprint density at radius 2 is 2.19 bits per heavy atom. The summed E-state index contributed by atoms with van der Waals surface area (Å²) in [6.45, 7) is 2.21. The van der Waals surface area contributed by atoms with Crippen molar-refractivity contribution in [2.75, 3.05) is 13.1 Å². The molecule has 1 aromatic carbocycles. The van der Waals surface area contributed by atoms with Gasteiger partial charge in [-0.15, -0.1) is 0 Å². The van der Waals surface area contributed by atoms with Gasteiger partial charge < -0.3 is 0 Å². The molecule has 0 spiro atoms. The lowest BCUT2D eigenvalue weighted by Gasteiger charge is -2.27. The van der Waals surface area contributed by atoms with E-state index in [1.165, 1.54) is 17.1 Å². The average Bonchev–Trinajstić information content (AvgIpc) is 2.98. The molecule has 1 unspecified atom stereocenters. The number of carbonyl (C=O) groups excluding carboxylic acids is 1. The maximum Gasteiger partial charge on any atom is 0.254 e. The molecule has 0 N–H and O–H groups in total. The highest BCUT2D eigenvalue weighted by Crippen LogP contribution is 2.46. The van der Waals surface area contributed by atoms with Gasteiger partial charge in [0.1, 0.15) is 11.2 Å². The zero-order chi connectivity index (χ0) is 15.2. The molecule has 1 amide bonds. The van der Waals surface area contributed by atoms with Crippen molar-refractivity contribution in [3.63, 3.8) is 0 Å². The summed E-state index contributed by atoms with van der Waals surface area (Å²) in [5, 5.41) is 3.11. The first-order valence-corrected chi connectivity index (χ1v) is 7.11. The van der Waals surface area contributed by atoms with Crippen molar-refractivity contribution < 1.29 is 18.0 Å². The van der Waals surface area contributed by atoms with Crippen LogP contribution in [0.2, 0.25) is 0 Å². The van der Waals surface area contributed by atoms with Gasteiger partial charge in [0.15, 0.2) is 0 Å². The van der Waals surface area contributed by atoms with Crippen LogP contribution in [0.5, 0.6) is 0 Å². The third-order valence-corrected chi connectivity index (χ3v) is 4.64. The molecule has 3 nitrogen and oxygen atoms in total. The Hall–Kier alpha value is -1.56. The van der Waals surface area contributed by atoms with Crippen molar-refractivity contribution >= 4 is 5.91 Å². The topological polar surface area (TPSA) is 23.6 Å². The van der Waals surface area contributed by atoms with E-state index in [0.29, 0.717) is 18.5 Å². The van der Waals surface area contributed by atoms with Gasteiger partial charge in [-0.05, 0) is 30.5 Å². The van der Waals surface area contributed by atoms with Crippen molar-refractivity contribution in [1.29, 1.82) is 0 Å². The largest absolute Gasteiger partial charge is 0.272 e. The Balaban J connectivity index is 1.94. The van der Waals surface area contributed by atoms with E-state index in [2.05, 4.69) is 0 Å². The van der Waals surface area contributed by atoms with Gasteiger partial charge in [0.25, 0.3) is 12.3 Å². The number of alkyl halides is 2. The molecule has 2 heterocycles. The number of halogens is 3. The monoisotopic (exact) mass is 298 g/mol. The lowest BCUT2D eigenvalue weighted by Crippen LogP contribution is -2.41. The SMILES string of the molecule is CCC1(C(F)F)CN2CC[C@@H](c3cccc(F)c3)N2C1=O. The zero-order valence-corrected chi connectivity index (χ0v) is 11.7. The van der Waals surface area contributed by atoms with Gasteiger partial charge >= 0.3 is 0 Å². The lowest BCUT2D eigenvalue weighted by molar-refractivity contribution is -0.148. The molecule has 1 aromatic rings. The molecule has 3 rings (SSSR count). The first kappa shape index (κ1) is 14.4. The lowest BCUT2D eigenvalue weighted by atomic mass is 9.84. The molecule has 0 aliphatic carbocycles. The highest BCUT2D eigenvalue weighted by molar-refractivity contribution is 5.85. The van der Waals surface area contributed by atoms with Crippen LogP contribution in [-0.4, -0.2) is 35.4 Å². The quantitative estimate of drug-likeness (QED) is 0.856. The van der Waals surface area contributed by atoms with E-state index in [1.807, 2.05) is 0 Å². The summed E-state index contributed by atoms with van der Waals surface area (Å²) in [6, 6.07) is 5.67. The fraction of sp³-hybridized carbons (Fsp3) is 0.533. The minimum absolute atomic E-state index is 0.0474. The van der Waals surface area contributed by atoms with Gasteiger partial charge in [0.2, 0.25) is 0 Å². The Morgan fingerprint density at radius 1 is 1.43 bits per heavy atom. The fourth-order valence-corrected chi connectivity index (χ4v) is 3.35.